The van der Waals surface area contributed by atoms with Crippen LogP contribution in [0.15, 0.2) is 72.1 Å². The van der Waals surface area contributed by atoms with Gasteiger partial charge in [0, 0.05) is 38.7 Å². The van der Waals surface area contributed by atoms with Crippen LogP contribution in [0.25, 0.3) is 5.82 Å². The molecule has 0 radical (unpaired) electrons. The van der Waals surface area contributed by atoms with Crippen LogP contribution >= 0.6 is 0 Å². The smallest absolute Gasteiger partial charge is 0.191 e. The first-order valence-electron chi connectivity index (χ1n) is 10.4. The number of aliphatic imine (C=N–C) groups is 1. The predicted octanol–water partition coefficient (Wildman–Crippen LogP) is 3.02. The molecule has 0 aliphatic carbocycles. The third kappa shape index (κ3) is 5.67. The van der Waals surface area contributed by atoms with Gasteiger partial charge in [-0.1, -0.05) is 44.2 Å². The van der Waals surface area contributed by atoms with E-state index in [1.807, 2.05) is 24.4 Å². The first-order chi connectivity index (χ1) is 14.7. The molecular weight excluding hydrogens is 374 g/mol. The van der Waals surface area contributed by atoms with Gasteiger partial charge in [-0.3, -0.25) is 9.89 Å². The molecule has 0 amide bonds. The molecule has 1 unspecified atom stereocenters. The monoisotopic (exact) mass is 405 g/mol. The summed E-state index contributed by atoms with van der Waals surface area (Å²) in [6, 6.07) is 16.8. The molecule has 2 N–H and O–H groups in total. The normalized spacial score (nSPS) is 12.7. The Morgan fingerprint density at radius 3 is 2.53 bits per heavy atom. The number of rotatable bonds is 9. The molecule has 3 aromatic rings. The molecule has 0 bridgehead atoms. The summed E-state index contributed by atoms with van der Waals surface area (Å²) in [5, 5.41) is 11.1. The number of hydrogen-bond acceptors (Lipinski definition) is 4. The Labute approximate surface area is 178 Å². The Kier molecular flexibility index (Phi) is 7.97. The van der Waals surface area contributed by atoms with Gasteiger partial charge in [-0.25, -0.2) is 9.67 Å². The van der Waals surface area contributed by atoms with E-state index in [4.69, 9.17) is 0 Å². The number of nitrogens with one attached hydrogen (secondary N) is 2. The summed E-state index contributed by atoms with van der Waals surface area (Å²) in [5.41, 5.74) is 2.42. The summed E-state index contributed by atoms with van der Waals surface area (Å²) in [6.07, 6.45) is 5.43. The molecule has 0 saturated heterocycles. The van der Waals surface area contributed by atoms with E-state index in [0.717, 1.165) is 37.0 Å². The van der Waals surface area contributed by atoms with Crippen LogP contribution in [-0.4, -0.2) is 52.3 Å². The van der Waals surface area contributed by atoms with Crippen LogP contribution in [0.5, 0.6) is 0 Å². The van der Waals surface area contributed by atoms with Gasteiger partial charge in [0.15, 0.2) is 11.8 Å². The number of nitrogens with zero attached hydrogens (tertiary/aromatic N) is 5. The van der Waals surface area contributed by atoms with E-state index >= 15 is 0 Å². The van der Waals surface area contributed by atoms with Gasteiger partial charge in [-0.15, -0.1) is 0 Å². The van der Waals surface area contributed by atoms with Gasteiger partial charge in [-0.2, -0.15) is 5.10 Å². The fraction of sp³-hybridized carbons (Fsp3) is 0.348. The number of hydrogen-bond donors (Lipinski definition) is 2. The average molecular weight is 406 g/mol. The third-order valence-electron chi connectivity index (χ3n) is 5.13. The van der Waals surface area contributed by atoms with Gasteiger partial charge in [0.1, 0.15) is 0 Å². The lowest BCUT2D eigenvalue weighted by atomic mass is 10.1. The van der Waals surface area contributed by atoms with E-state index in [1.165, 1.54) is 5.56 Å². The van der Waals surface area contributed by atoms with E-state index < -0.39 is 0 Å². The molecule has 1 aromatic carbocycles. The van der Waals surface area contributed by atoms with Crippen molar-refractivity contribution in [2.45, 2.75) is 26.4 Å². The second kappa shape index (κ2) is 11.1. The zero-order chi connectivity index (χ0) is 21.2. The molecule has 30 heavy (non-hydrogen) atoms. The maximum absolute atomic E-state index is 4.39. The molecule has 0 aliphatic heterocycles. The number of likely N-dealkylation sites (N-methyl/N-ethyl adjacent to an activating group) is 1. The second-order valence-corrected chi connectivity index (χ2v) is 6.93. The lowest BCUT2D eigenvalue weighted by molar-refractivity contribution is 0.219. The maximum Gasteiger partial charge on any atom is 0.191 e. The molecular formula is C23H31N7. The number of guanidine groups is 1. The average Bonchev–Trinajstić information content (AvgIpc) is 3.34. The minimum Gasteiger partial charge on any atom is -0.354 e. The predicted molar refractivity (Wildman–Crippen MR) is 122 cm³/mol. The van der Waals surface area contributed by atoms with Crippen LogP contribution in [0.4, 0.5) is 0 Å². The van der Waals surface area contributed by atoms with E-state index in [9.17, 15) is 0 Å². The Bertz CT molecular complexity index is 902. The lowest BCUT2D eigenvalue weighted by Crippen LogP contribution is -2.43. The molecule has 0 spiro atoms. The van der Waals surface area contributed by atoms with Crippen molar-refractivity contribution in [3.63, 3.8) is 0 Å². The third-order valence-corrected chi connectivity index (χ3v) is 5.13. The molecule has 0 fully saturated rings. The van der Waals surface area contributed by atoms with Crippen molar-refractivity contribution in [2.24, 2.45) is 4.99 Å². The second-order valence-electron chi connectivity index (χ2n) is 6.93. The zero-order valence-electron chi connectivity index (χ0n) is 18.0. The summed E-state index contributed by atoms with van der Waals surface area (Å²) in [7, 11) is 1.80. The van der Waals surface area contributed by atoms with Crippen LogP contribution in [0.1, 0.15) is 31.0 Å². The Hall–Kier alpha value is -3.19. The van der Waals surface area contributed by atoms with Gasteiger partial charge in [0.05, 0.1) is 6.04 Å². The minimum atomic E-state index is 0.284. The van der Waals surface area contributed by atoms with E-state index in [1.54, 1.807) is 24.1 Å². The lowest BCUT2D eigenvalue weighted by Gasteiger charge is -2.30. The van der Waals surface area contributed by atoms with Crippen LogP contribution in [0, 0.1) is 0 Å². The van der Waals surface area contributed by atoms with Crippen molar-refractivity contribution in [3.8, 4) is 5.82 Å². The topological polar surface area (TPSA) is 70.4 Å². The largest absolute Gasteiger partial charge is 0.354 e. The molecule has 1 atom stereocenters. The highest BCUT2D eigenvalue weighted by atomic mass is 15.3. The number of aromatic nitrogens is 3. The SMILES string of the molecule is CCN(CC)C(CNC(=NC)NCc1ccnc(-n2cccn2)c1)c1ccccc1. The highest BCUT2D eigenvalue weighted by Gasteiger charge is 2.18. The molecule has 2 heterocycles. The van der Waals surface area contributed by atoms with Gasteiger partial charge >= 0.3 is 0 Å². The summed E-state index contributed by atoms with van der Waals surface area (Å²) in [5.74, 6) is 1.58. The summed E-state index contributed by atoms with van der Waals surface area (Å²) in [4.78, 5) is 11.2. The van der Waals surface area contributed by atoms with Crippen LogP contribution in [0.2, 0.25) is 0 Å². The van der Waals surface area contributed by atoms with Crippen LogP contribution in [-0.2, 0) is 6.54 Å². The van der Waals surface area contributed by atoms with E-state index in [-0.39, 0.29) is 6.04 Å². The Balaban J connectivity index is 1.62. The molecule has 7 heteroatoms. The van der Waals surface area contributed by atoms with E-state index in [0.29, 0.717) is 6.54 Å². The molecule has 2 aromatic heterocycles. The summed E-state index contributed by atoms with van der Waals surface area (Å²) in [6.45, 7) is 7.83. The molecule has 3 rings (SSSR count). The highest BCUT2D eigenvalue weighted by molar-refractivity contribution is 5.79. The van der Waals surface area contributed by atoms with Crippen molar-refractivity contribution >= 4 is 5.96 Å². The summed E-state index contributed by atoms with van der Waals surface area (Å²) < 4.78 is 1.76. The van der Waals surface area contributed by atoms with Crippen molar-refractivity contribution in [1.82, 2.24) is 30.3 Å². The maximum atomic E-state index is 4.39. The van der Waals surface area contributed by atoms with Gasteiger partial charge < -0.3 is 10.6 Å². The summed E-state index contributed by atoms with van der Waals surface area (Å²) >= 11 is 0. The van der Waals surface area contributed by atoms with Gasteiger partial charge in [-0.05, 0) is 42.4 Å². The fourth-order valence-electron chi connectivity index (χ4n) is 3.50. The van der Waals surface area contributed by atoms with Crippen molar-refractivity contribution in [3.05, 3.63) is 78.2 Å². The Morgan fingerprint density at radius 1 is 1.07 bits per heavy atom. The zero-order valence-corrected chi connectivity index (χ0v) is 18.0. The standard InChI is InChI=1S/C23H31N7/c1-4-29(5-2)21(20-10-7-6-8-11-20)18-27-23(24-3)26-17-19-12-14-25-22(16-19)30-15-9-13-28-30/h6-16,21H,4-5,17-18H2,1-3H3,(H2,24,26,27). The van der Waals surface area contributed by atoms with Crippen LogP contribution < -0.4 is 10.6 Å². The first-order valence-corrected chi connectivity index (χ1v) is 10.4. The van der Waals surface area contributed by atoms with Crippen molar-refractivity contribution in [2.75, 3.05) is 26.7 Å². The van der Waals surface area contributed by atoms with Crippen LogP contribution in [0.3, 0.4) is 0 Å². The van der Waals surface area contributed by atoms with Crippen molar-refractivity contribution < 1.29 is 0 Å². The fourth-order valence-corrected chi connectivity index (χ4v) is 3.50. The quantitative estimate of drug-likeness (QED) is 0.423. The minimum absolute atomic E-state index is 0.284. The van der Waals surface area contributed by atoms with E-state index in [2.05, 4.69) is 74.8 Å². The Morgan fingerprint density at radius 2 is 1.87 bits per heavy atom. The first kappa shape index (κ1) is 21.5. The van der Waals surface area contributed by atoms with Gasteiger partial charge in [0.25, 0.3) is 0 Å². The highest BCUT2D eigenvalue weighted by Crippen LogP contribution is 2.19. The molecule has 158 valence electrons. The molecule has 7 nitrogen and oxygen atoms in total. The molecule has 0 aliphatic rings. The number of pyridine rings is 1. The molecule has 0 saturated carbocycles. The van der Waals surface area contributed by atoms with Crippen molar-refractivity contribution in [1.29, 1.82) is 0 Å². The van der Waals surface area contributed by atoms with Gasteiger partial charge in [0.2, 0.25) is 0 Å². The number of benzene rings is 1.